The predicted molar refractivity (Wildman–Crippen MR) is 84.8 cm³/mol. The number of hydrogen-bond donors (Lipinski definition) is 1. The van der Waals surface area contributed by atoms with Gasteiger partial charge in [-0.2, -0.15) is 0 Å². The molecule has 0 aromatic heterocycles. The van der Waals surface area contributed by atoms with Gasteiger partial charge in [-0.15, -0.1) is 0 Å². The topological polar surface area (TPSA) is 46.3 Å². The van der Waals surface area contributed by atoms with Gasteiger partial charge in [0.25, 0.3) is 5.91 Å². The fourth-order valence-electron chi connectivity index (χ4n) is 1.48. The Labute approximate surface area is 129 Å². The predicted octanol–water partition coefficient (Wildman–Crippen LogP) is 3.21. The number of rotatable bonds is 4. The Morgan fingerprint density at radius 1 is 1.39 bits per heavy atom. The Balaban J connectivity index is 2.83. The Bertz CT molecular complexity index is 459. The first-order chi connectivity index (χ1) is 8.31. The van der Waals surface area contributed by atoms with Crippen LogP contribution in [0.4, 0.5) is 0 Å². The molecule has 1 aromatic rings. The number of benzene rings is 1. The van der Waals surface area contributed by atoms with E-state index in [2.05, 4.69) is 31.9 Å². The fourth-order valence-corrected chi connectivity index (χ4v) is 2.85. The highest BCUT2D eigenvalue weighted by Crippen LogP contribution is 2.21. The molecule has 98 valence electrons. The number of halogens is 2. The molecule has 0 radical (unpaired) electrons. The molecule has 18 heavy (non-hydrogen) atoms. The van der Waals surface area contributed by atoms with Gasteiger partial charge in [-0.05, 0) is 18.2 Å². The van der Waals surface area contributed by atoms with E-state index in [1.54, 1.807) is 24.1 Å². The van der Waals surface area contributed by atoms with Gasteiger partial charge in [-0.3, -0.25) is 4.79 Å². The van der Waals surface area contributed by atoms with E-state index in [9.17, 15) is 4.79 Å². The van der Waals surface area contributed by atoms with Crippen LogP contribution in [0.5, 0.6) is 0 Å². The van der Waals surface area contributed by atoms with Crippen molar-refractivity contribution < 1.29 is 4.79 Å². The first kappa shape index (κ1) is 15.6. The quantitative estimate of drug-likeness (QED) is 0.799. The first-order valence-electron chi connectivity index (χ1n) is 5.32. The molecule has 1 unspecified atom stereocenters. The smallest absolute Gasteiger partial charge is 0.253 e. The highest BCUT2D eigenvalue weighted by atomic mass is 79.9. The third-order valence-corrected chi connectivity index (χ3v) is 3.81. The van der Waals surface area contributed by atoms with Gasteiger partial charge in [-0.25, -0.2) is 0 Å². The van der Waals surface area contributed by atoms with E-state index >= 15 is 0 Å². The molecule has 1 aromatic carbocycles. The molecule has 2 N–H and O–H groups in total. The number of carbonyl (C=O) groups excluding carboxylic acids is 1. The summed E-state index contributed by atoms with van der Waals surface area (Å²) in [5.41, 5.74) is 6.17. The summed E-state index contributed by atoms with van der Waals surface area (Å²) in [7, 11) is 1.74. The summed E-state index contributed by atoms with van der Waals surface area (Å²) in [5.74, 6) is -0.0513. The maximum atomic E-state index is 12.2. The summed E-state index contributed by atoms with van der Waals surface area (Å²) in [6.45, 7) is 2.42. The van der Waals surface area contributed by atoms with Gasteiger partial charge in [0.1, 0.15) is 0 Å². The minimum atomic E-state index is -0.0555. The van der Waals surface area contributed by atoms with Crippen LogP contribution in [0.15, 0.2) is 27.1 Å². The van der Waals surface area contributed by atoms with Crippen molar-refractivity contribution in [2.75, 3.05) is 13.6 Å². The minimum absolute atomic E-state index is 0.00421. The number of thiocarbonyl (C=S) groups is 1. The third kappa shape index (κ3) is 4.33. The fraction of sp³-hybridized carbons (Fsp3) is 0.333. The maximum absolute atomic E-state index is 12.2. The number of amides is 1. The third-order valence-electron chi connectivity index (χ3n) is 2.49. The van der Waals surface area contributed by atoms with Crippen LogP contribution in [0.1, 0.15) is 17.3 Å². The molecule has 0 spiro atoms. The molecule has 0 saturated carbocycles. The molecule has 6 heteroatoms. The highest BCUT2D eigenvalue weighted by molar-refractivity contribution is 9.11. The van der Waals surface area contributed by atoms with E-state index in [0.29, 0.717) is 17.1 Å². The lowest BCUT2D eigenvalue weighted by Crippen LogP contribution is -2.35. The Morgan fingerprint density at radius 3 is 2.33 bits per heavy atom. The molecule has 1 atom stereocenters. The van der Waals surface area contributed by atoms with Crippen molar-refractivity contribution in [2.45, 2.75) is 6.92 Å². The second-order valence-corrected chi connectivity index (χ2v) is 6.45. The van der Waals surface area contributed by atoms with Crippen LogP contribution in [-0.2, 0) is 0 Å². The van der Waals surface area contributed by atoms with Gasteiger partial charge in [-0.1, -0.05) is 51.0 Å². The molecule has 0 aliphatic heterocycles. The summed E-state index contributed by atoms with van der Waals surface area (Å²) < 4.78 is 1.71. The van der Waals surface area contributed by atoms with Crippen molar-refractivity contribution in [1.82, 2.24) is 4.90 Å². The van der Waals surface area contributed by atoms with E-state index in [0.717, 1.165) is 8.95 Å². The zero-order chi connectivity index (χ0) is 13.9. The van der Waals surface area contributed by atoms with Crippen LogP contribution in [0, 0.1) is 5.92 Å². The molecule has 1 amide bonds. The molecule has 0 fully saturated rings. The molecule has 0 aliphatic rings. The van der Waals surface area contributed by atoms with Crippen LogP contribution in [0.25, 0.3) is 0 Å². The van der Waals surface area contributed by atoms with Crippen LogP contribution in [0.2, 0.25) is 0 Å². The SMILES string of the molecule is CC(CN(C)C(=O)c1cc(Br)cc(Br)c1)C(N)=S. The average Bonchev–Trinajstić information content (AvgIpc) is 2.26. The summed E-state index contributed by atoms with van der Waals surface area (Å²) in [6.07, 6.45) is 0. The maximum Gasteiger partial charge on any atom is 0.253 e. The van der Waals surface area contributed by atoms with Crippen molar-refractivity contribution in [1.29, 1.82) is 0 Å². The second-order valence-electron chi connectivity index (χ2n) is 4.15. The van der Waals surface area contributed by atoms with E-state index in [-0.39, 0.29) is 11.8 Å². The van der Waals surface area contributed by atoms with E-state index in [1.807, 2.05) is 13.0 Å². The summed E-state index contributed by atoms with van der Waals surface area (Å²) >= 11 is 11.6. The van der Waals surface area contributed by atoms with Crippen LogP contribution in [0.3, 0.4) is 0 Å². The summed E-state index contributed by atoms with van der Waals surface area (Å²) in [5, 5.41) is 0. The molecule has 1 rings (SSSR count). The Hall–Kier alpha value is -0.460. The van der Waals surface area contributed by atoms with Crippen LogP contribution in [-0.4, -0.2) is 29.4 Å². The van der Waals surface area contributed by atoms with E-state index in [4.69, 9.17) is 18.0 Å². The van der Waals surface area contributed by atoms with Crippen LogP contribution >= 0.6 is 44.1 Å². The Morgan fingerprint density at radius 2 is 1.89 bits per heavy atom. The monoisotopic (exact) mass is 392 g/mol. The largest absolute Gasteiger partial charge is 0.393 e. The van der Waals surface area contributed by atoms with Gasteiger partial charge < -0.3 is 10.6 Å². The molecule has 0 heterocycles. The summed E-state index contributed by atoms with van der Waals surface area (Å²) in [4.78, 5) is 14.3. The van der Waals surface area contributed by atoms with Gasteiger partial charge in [0.15, 0.2) is 0 Å². The van der Waals surface area contributed by atoms with Crippen molar-refractivity contribution >= 4 is 55.0 Å². The lowest BCUT2D eigenvalue weighted by atomic mass is 10.1. The molecule has 0 bridgehead atoms. The molecule has 0 saturated heterocycles. The molecule has 0 aliphatic carbocycles. The zero-order valence-electron chi connectivity index (χ0n) is 10.1. The first-order valence-corrected chi connectivity index (χ1v) is 7.31. The van der Waals surface area contributed by atoms with Gasteiger partial charge in [0.05, 0.1) is 4.99 Å². The standard InChI is InChI=1S/C12H14Br2N2OS/c1-7(11(15)18)6-16(2)12(17)8-3-9(13)5-10(14)4-8/h3-5,7H,6H2,1-2H3,(H2,15,18). The van der Waals surface area contributed by atoms with Gasteiger partial charge in [0, 0.05) is 34.0 Å². The van der Waals surface area contributed by atoms with Crippen molar-refractivity contribution in [3.05, 3.63) is 32.7 Å². The highest BCUT2D eigenvalue weighted by Gasteiger charge is 2.16. The van der Waals surface area contributed by atoms with E-state index in [1.165, 1.54) is 0 Å². The number of nitrogens with zero attached hydrogens (tertiary/aromatic N) is 1. The molecular formula is C12H14Br2N2OS. The second kappa shape index (κ2) is 6.63. The van der Waals surface area contributed by atoms with Gasteiger partial charge in [0.2, 0.25) is 0 Å². The Kier molecular flexibility index (Phi) is 5.75. The minimum Gasteiger partial charge on any atom is -0.393 e. The van der Waals surface area contributed by atoms with Gasteiger partial charge >= 0.3 is 0 Å². The van der Waals surface area contributed by atoms with Crippen molar-refractivity contribution in [2.24, 2.45) is 11.7 Å². The van der Waals surface area contributed by atoms with Crippen molar-refractivity contribution in [3.63, 3.8) is 0 Å². The summed E-state index contributed by atoms with van der Waals surface area (Å²) in [6, 6.07) is 5.46. The molecule has 3 nitrogen and oxygen atoms in total. The van der Waals surface area contributed by atoms with Crippen molar-refractivity contribution in [3.8, 4) is 0 Å². The van der Waals surface area contributed by atoms with Crippen LogP contribution < -0.4 is 5.73 Å². The average molecular weight is 394 g/mol. The molecular weight excluding hydrogens is 380 g/mol. The zero-order valence-corrected chi connectivity index (χ0v) is 14.1. The lowest BCUT2D eigenvalue weighted by molar-refractivity contribution is 0.0787. The normalized spacial score (nSPS) is 12.0. The number of nitrogens with two attached hydrogens (primary N) is 1. The van der Waals surface area contributed by atoms with E-state index < -0.39 is 0 Å². The number of carbonyl (C=O) groups is 1. The lowest BCUT2D eigenvalue weighted by Gasteiger charge is -2.21. The number of hydrogen-bond acceptors (Lipinski definition) is 2.